The molecule has 5 rings (SSSR count). The molecule has 5 aromatic rings. The fraction of sp³-hybridized carbons (Fsp3) is 0.135. The minimum Gasteiger partial charge on any atom is -0.497 e. The molecule has 1 aromatic heterocycles. The van der Waals surface area contributed by atoms with Gasteiger partial charge in [0.1, 0.15) is 17.2 Å². The van der Waals surface area contributed by atoms with Crippen LogP contribution in [0.4, 0.5) is 10.8 Å². The summed E-state index contributed by atoms with van der Waals surface area (Å²) in [5.41, 5.74) is 2.99. The van der Waals surface area contributed by atoms with E-state index in [1.807, 2.05) is 29.6 Å². The molecule has 13 heteroatoms. The van der Waals surface area contributed by atoms with E-state index < -0.39 is 11.8 Å². The summed E-state index contributed by atoms with van der Waals surface area (Å²) in [4.78, 5) is 44.7. The van der Waals surface area contributed by atoms with Gasteiger partial charge in [0, 0.05) is 38.7 Å². The van der Waals surface area contributed by atoms with Crippen LogP contribution >= 0.6 is 23.1 Å². The molecule has 0 fully saturated rings. The fourth-order valence-corrected chi connectivity index (χ4v) is 6.06. The van der Waals surface area contributed by atoms with Crippen LogP contribution in [0.15, 0.2) is 107 Å². The second-order valence-corrected chi connectivity index (χ2v) is 12.3. The van der Waals surface area contributed by atoms with E-state index in [0.29, 0.717) is 39.2 Å². The van der Waals surface area contributed by atoms with Crippen LogP contribution in [-0.4, -0.2) is 56.9 Å². The highest BCUT2D eigenvalue weighted by molar-refractivity contribution is 8.00. The number of hydrogen-bond donors (Lipinski definition) is 3. The third-order valence-electron chi connectivity index (χ3n) is 7.18. The molecule has 0 saturated carbocycles. The summed E-state index contributed by atoms with van der Waals surface area (Å²) < 4.78 is 21.5. The molecular formula is C37H34N4O7S2. The third kappa shape index (κ3) is 9.21. The smallest absolute Gasteiger partial charge is 0.272 e. The molecule has 11 nitrogen and oxygen atoms in total. The number of nitrogens with one attached hydrogen (secondary N) is 3. The Labute approximate surface area is 297 Å². The number of ether oxygens (including phenoxy) is 4. The molecule has 0 aliphatic heterocycles. The van der Waals surface area contributed by atoms with Gasteiger partial charge in [-0.25, -0.2) is 4.98 Å². The zero-order valence-corrected chi connectivity index (χ0v) is 29.3. The number of carbonyl (C=O) groups is 3. The molecule has 0 bridgehead atoms. The molecule has 3 amide bonds. The average Bonchev–Trinajstić information content (AvgIpc) is 3.62. The van der Waals surface area contributed by atoms with E-state index >= 15 is 0 Å². The van der Waals surface area contributed by atoms with Crippen LogP contribution < -0.4 is 34.9 Å². The third-order valence-corrected chi connectivity index (χ3v) is 8.95. The Morgan fingerprint density at radius 1 is 0.780 bits per heavy atom. The van der Waals surface area contributed by atoms with Crippen LogP contribution in [0.2, 0.25) is 0 Å². The molecule has 0 saturated heterocycles. The maximum absolute atomic E-state index is 13.6. The molecule has 1 heterocycles. The van der Waals surface area contributed by atoms with Crippen molar-refractivity contribution in [2.24, 2.45) is 0 Å². The molecule has 0 aliphatic carbocycles. The number of amides is 3. The Kier molecular flexibility index (Phi) is 12.1. The number of carbonyl (C=O) groups excluding carboxylic acids is 3. The monoisotopic (exact) mass is 710 g/mol. The van der Waals surface area contributed by atoms with E-state index in [9.17, 15) is 14.4 Å². The maximum Gasteiger partial charge on any atom is 0.272 e. The molecule has 50 heavy (non-hydrogen) atoms. The first-order valence-electron chi connectivity index (χ1n) is 15.1. The highest BCUT2D eigenvalue weighted by Crippen LogP contribution is 2.36. The molecular weight excluding hydrogens is 677 g/mol. The highest BCUT2D eigenvalue weighted by Gasteiger charge is 2.18. The zero-order valence-electron chi connectivity index (χ0n) is 27.6. The second-order valence-electron chi connectivity index (χ2n) is 10.4. The SMILES string of the molecule is COc1ccc(-c2csc(NC(=O)CSc3ccc(NC(=O)/C(=C/c4cc(OC)c(OC)cc4OC)NC(=O)c4ccccc4)cc3)n2)cc1. The van der Waals surface area contributed by atoms with Crippen LogP contribution in [0.3, 0.4) is 0 Å². The number of aromatic nitrogens is 1. The van der Waals surface area contributed by atoms with Gasteiger partial charge in [0.2, 0.25) is 5.91 Å². The summed E-state index contributed by atoms with van der Waals surface area (Å²) in [5.74, 6) is 0.950. The molecule has 0 atom stereocenters. The van der Waals surface area contributed by atoms with Crippen molar-refractivity contribution < 1.29 is 33.3 Å². The van der Waals surface area contributed by atoms with E-state index in [1.165, 1.54) is 50.5 Å². The summed E-state index contributed by atoms with van der Waals surface area (Å²) in [6, 6.07) is 26.4. The van der Waals surface area contributed by atoms with Crippen molar-refractivity contribution in [1.29, 1.82) is 0 Å². The van der Waals surface area contributed by atoms with E-state index in [-0.39, 0.29) is 17.4 Å². The normalized spacial score (nSPS) is 10.9. The van der Waals surface area contributed by atoms with E-state index in [0.717, 1.165) is 21.9 Å². The van der Waals surface area contributed by atoms with Crippen molar-refractivity contribution in [1.82, 2.24) is 10.3 Å². The van der Waals surface area contributed by atoms with E-state index in [2.05, 4.69) is 20.9 Å². The van der Waals surface area contributed by atoms with Gasteiger partial charge in [0.25, 0.3) is 11.8 Å². The van der Waals surface area contributed by atoms with Gasteiger partial charge in [-0.15, -0.1) is 23.1 Å². The topological polar surface area (TPSA) is 137 Å². The number of methoxy groups -OCH3 is 4. The number of rotatable bonds is 14. The Morgan fingerprint density at radius 2 is 1.46 bits per heavy atom. The average molecular weight is 711 g/mol. The van der Waals surface area contributed by atoms with Gasteiger partial charge in [0.15, 0.2) is 16.6 Å². The number of anilines is 2. The predicted molar refractivity (Wildman–Crippen MR) is 197 cm³/mol. The van der Waals surface area contributed by atoms with E-state index in [1.54, 1.807) is 73.8 Å². The van der Waals surface area contributed by atoms with Crippen molar-refractivity contribution in [2.75, 3.05) is 44.8 Å². The minimum atomic E-state index is -0.566. The number of hydrogen-bond acceptors (Lipinski definition) is 10. The van der Waals surface area contributed by atoms with Gasteiger partial charge < -0.3 is 34.9 Å². The summed E-state index contributed by atoms with van der Waals surface area (Å²) >= 11 is 2.69. The van der Waals surface area contributed by atoms with Crippen molar-refractivity contribution in [3.05, 3.63) is 113 Å². The van der Waals surface area contributed by atoms with Crippen LogP contribution in [0.25, 0.3) is 17.3 Å². The standard InChI is InChI=1S/C37H34N4O7S2/c1-45-27-14-10-23(11-15-27)30-21-50-37(40-30)41-34(42)22-49-28-16-12-26(13-17-28)38-36(44)29(39-35(43)24-8-6-5-7-9-24)18-25-19-32(47-3)33(48-4)20-31(25)46-2/h5-21H,22H2,1-4H3,(H,38,44)(H,39,43)(H,40,41,42)/b29-18-. The largest absolute Gasteiger partial charge is 0.497 e. The second kappa shape index (κ2) is 17.0. The first-order chi connectivity index (χ1) is 24.3. The fourth-order valence-electron chi connectivity index (χ4n) is 4.63. The summed E-state index contributed by atoms with van der Waals surface area (Å²) in [6.45, 7) is 0. The Bertz CT molecular complexity index is 1980. The van der Waals surface area contributed by atoms with Gasteiger partial charge in [-0.3, -0.25) is 14.4 Å². The predicted octanol–water partition coefficient (Wildman–Crippen LogP) is 6.98. The lowest BCUT2D eigenvalue weighted by Crippen LogP contribution is -2.30. The van der Waals surface area contributed by atoms with Crippen LogP contribution in [-0.2, 0) is 9.59 Å². The molecule has 4 aromatic carbocycles. The van der Waals surface area contributed by atoms with Gasteiger partial charge >= 0.3 is 0 Å². The lowest BCUT2D eigenvalue weighted by atomic mass is 10.1. The molecule has 0 unspecified atom stereocenters. The quantitative estimate of drug-likeness (QED) is 0.0823. The lowest BCUT2D eigenvalue weighted by Gasteiger charge is -2.15. The Morgan fingerprint density at radius 3 is 2.12 bits per heavy atom. The van der Waals surface area contributed by atoms with Gasteiger partial charge in [-0.1, -0.05) is 18.2 Å². The van der Waals surface area contributed by atoms with Crippen LogP contribution in [0.1, 0.15) is 15.9 Å². The number of thioether (sulfide) groups is 1. The minimum absolute atomic E-state index is 0.0307. The van der Waals surface area contributed by atoms with Crippen molar-refractivity contribution in [3.8, 4) is 34.3 Å². The van der Waals surface area contributed by atoms with Crippen molar-refractivity contribution >= 4 is 57.7 Å². The number of benzene rings is 4. The van der Waals surface area contributed by atoms with E-state index in [4.69, 9.17) is 18.9 Å². The highest BCUT2D eigenvalue weighted by atomic mass is 32.2. The number of thiazole rings is 1. The molecule has 0 spiro atoms. The van der Waals surface area contributed by atoms with Crippen molar-refractivity contribution in [2.45, 2.75) is 4.90 Å². The van der Waals surface area contributed by atoms with Gasteiger partial charge in [-0.05, 0) is 72.8 Å². The van der Waals surface area contributed by atoms with Crippen LogP contribution in [0, 0.1) is 0 Å². The summed E-state index contributed by atoms with van der Waals surface area (Å²) in [5, 5.41) is 10.8. The first-order valence-corrected chi connectivity index (χ1v) is 17.0. The van der Waals surface area contributed by atoms with Crippen molar-refractivity contribution in [3.63, 3.8) is 0 Å². The maximum atomic E-state index is 13.6. The molecule has 3 N–H and O–H groups in total. The lowest BCUT2D eigenvalue weighted by molar-refractivity contribution is -0.114. The molecule has 0 radical (unpaired) electrons. The number of nitrogens with zero attached hydrogens (tertiary/aromatic N) is 1. The van der Waals surface area contributed by atoms with Gasteiger partial charge in [0.05, 0.1) is 39.9 Å². The Balaban J connectivity index is 1.24. The molecule has 256 valence electrons. The first kappa shape index (κ1) is 35.5. The van der Waals surface area contributed by atoms with Gasteiger partial charge in [-0.2, -0.15) is 0 Å². The van der Waals surface area contributed by atoms with Crippen LogP contribution in [0.5, 0.6) is 23.0 Å². The zero-order chi connectivity index (χ0) is 35.5. The molecule has 0 aliphatic rings. The Hall–Kier alpha value is -5.79. The summed E-state index contributed by atoms with van der Waals surface area (Å²) in [7, 11) is 6.11. The summed E-state index contributed by atoms with van der Waals surface area (Å²) in [6.07, 6.45) is 1.50.